The summed E-state index contributed by atoms with van der Waals surface area (Å²) < 4.78 is 11.7. The van der Waals surface area contributed by atoms with E-state index in [-0.39, 0.29) is 0 Å². The first-order valence-electron chi connectivity index (χ1n) is 8.23. The van der Waals surface area contributed by atoms with Gasteiger partial charge in [0.15, 0.2) is 11.5 Å². The molecule has 0 radical (unpaired) electrons. The van der Waals surface area contributed by atoms with E-state index in [0.29, 0.717) is 6.10 Å². The average Bonchev–Trinajstić information content (AvgIpc) is 3.10. The molecule has 120 valence electrons. The number of hydrogen-bond donors (Lipinski definition) is 0. The van der Waals surface area contributed by atoms with Gasteiger partial charge in [-0.25, -0.2) is 0 Å². The van der Waals surface area contributed by atoms with Gasteiger partial charge >= 0.3 is 0 Å². The first-order chi connectivity index (χ1) is 11.3. The summed E-state index contributed by atoms with van der Waals surface area (Å²) in [5.74, 6) is 1.64. The van der Waals surface area contributed by atoms with Crippen LogP contribution in [0.15, 0.2) is 48.8 Å². The molecule has 0 aliphatic heterocycles. The Kier molecular flexibility index (Phi) is 4.96. The fraction of sp³-hybridized carbons (Fsp3) is 0.350. The van der Waals surface area contributed by atoms with Gasteiger partial charge in [0.25, 0.3) is 0 Å². The number of aromatic nitrogens is 1. The summed E-state index contributed by atoms with van der Waals surface area (Å²) >= 11 is 0. The van der Waals surface area contributed by atoms with Crippen LogP contribution in [0.4, 0.5) is 0 Å². The lowest BCUT2D eigenvalue weighted by Crippen LogP contribution is -2.11. The number of ether oxygens (including phenoxy) is 2. The Morgan fingerprint density at radius 3 is 2.43 bits per heavy atom. The number of methoxy groups -OCH3 is 1. The first-order valence-corrected chi connectivity index (χ1v) is 8.23. The Hall–Kier alpha value is -2.29. The maximum atomic E-state index is 6.20. The molecular weight excluding hydrogens is 286 g/mol. The number of rotatable bonds is 5. The van der Waals surface area contributed by atoms with Crippen molar-refractivity contribution in [3.8, 4) is 11.5 Å². The number of nitrogens with zero attached hydrogens (tertiary/aromatic N) is 1. The van der Waals surface area contributed by atoms with Gasteiger partial charge < -0.3 is 9.47 Å². The summed E-state index contributed by atoms with van der Waals surface area (Å²) in [6.45, 7) is 2.05. The van der Waals surface area contributed by atoms with Gasteiger partial charge in [-0.3, -0.25) is 4.98 Å². The van der Waals surface area contributed by atoms with Crippen molar-refractivity contribution < 1.29 is 9.47 Å². The molecule has 0 saturated heterocycles. The molecule has 1 aliphatic rings. The number of benzene rings is 1. The normalized spacial score (nSPS) is 15.7. The number of pyridine rings is 1. The van der Waals surface area contributed by atoms with Crippen LogP contribution in [0.3, 0.4) is 0 Å². The van der Waals surface area contributed by atoms with Crippen LogP contribution in [-0.4, -0.2) is 18.2 Å². The summed E-state index contributed by atoms with van der Waals surface area (Å²) in [6.07, 6.45) is 10.8. The van der Waals surface area contributed by atoms with Crippen molar-refractivity contribution in [1.29, 1.82) is 0 Å². The monoisotopic (exact) mass is 309 g/mol. The second-order valence-corrected chi connectivity index (χ2v) is 5.83. The Morgan fingerprint density at radius 1 is 1.04 bits per heavy atom. The van der Waals surface area contributed by atoms with Crippen LogP contribution in [0.25, 0.3) is 5.57 Å². The highest BCUT2D eigenvalue weighted by atomic mass is 16.5. The SMILES string of the molecule is C/C=C(\c1ccncc1)c1ccc(OC)c(OC2CCCC2)c1. The summed E-state index contributed by atoms with van der Waals surface area (Å²) in [6, 6.07) is 10.2. The van der Waals surface area contributed by atoms with Crippen molar-refractivity contribution in [1.82, 2.24) is 4.98 Å². The Bertz CT molecular complexity index is 673. The maximum absolute atomic E-state index is 6.20. The fourth-order valence-corrected chi connectivity index (χ4v) is 3.15. The molecule has 1 aliphatic carbocycles. The van der Waals surface area contributed by atoms with Crippen molar-refractivity contribution in [3.05, 3.63) is 59.9 Å². The molecule has 0 atom stereocenters. The molecule has 0 spiro atoms. The smallest absolute Gasteiger partial charge is 0.162 e. The molecule has 1 saturated carbocycles. The molecule has 0 unspecified atom stereocenters. The Morgan fingerprint density at radius 2 is 1.78 bits per heavy atom. The minimum atomic E-state index is 0.314. The summed E-state index contributed by atoms with van der Waals surface area (Å²) in [4.78, 5) is 4.10. The number of hydrogen-bond acceptors (Lipinski definition) is 3. The molecule has 3 heteroatoms. The van der Waals surface area contributed by atoms with E-state index in [2.05, 4.69) is 30.1 Å². The van der Waals surface area contributed by atoms with Gasteiger partial charge in [-0.05, 0) is 73.6 Å². The zero-order valence-corrected chi connectivity index (χ0v) is 13.8. The van der Waals surface area contributed by atoms with E-state index in [9.17, 15) is 0 Å². The van der Waals surface area contributed by atoms with Crippen molar-refractivity contribution >= 4 is 5.57 Å². The van der Waals surface area contributed by atoms with E-state index in [4.69, 9.17) is 9.47 Å². The molecule has 0 bridgehead atoms. The third-order valence-electron chi connectivity index (χ3n) is 4.35. The van der Waals surface area contributed by atoms with Crippen molar-refractivity contribution in [2.75, 3.05) is 7.11 Å². The zero-order chi connectivity index (χ0) is 16.1. The van der Waals surface area contributed by atoms with Crippen molar-refractivity contribution in [2.24, 2.45) is 0 Å². The Balaban J connectivity index is 1.93. The number of allylic oxidation sites excluding steroid dienone is 1. The van der Waals surface area contributed by atoms with Crippen LogP contribution >= 0.6 is 0 Å². The summed E-state index contributed by atoms with van der Waals surface area (Å²) in [5.41, 5.74) is 3.46. The lowest BCUT2D eigenvalue weighted by molar-refractivity contribution is 0.201. The average molecular weight is 309 g/mol. The highest BCUT2D eigenvalue weighted by Gasteiger charge is 2.19. The topological polar surface area (TPSA) is 31.4 Å². The van der Waals surface area contributed by atoms with E-state index >= 15 is 0 Å². The van der Waals surface area contributed by atoms with Crippen molar-refractivity contribution in [3.63, 3.8) is 0 Å². The van der Waals surface area contributed by atoms with Gasteiger partial charge in [-0.2, -0.15) is 0 Å². The molecule has 2 aromatic rings. The third-order valence-corrected chi connectivity index (χ3v) is 4.35. The zero-order valence-electron chi connectivity index (χ0n) is 13.8. The van der Waals surface area contributed by atoms with Gasteiger partial charge in [-0.15, -0.1) is 0 Å². The van der Waals surface area contributed by atoms with E-state index in [0.717, 1.165) is 35.5 Å². The first kappa shape index (κ1) is 15.6. The Labute approximate surface area is 138 Å². The molecule has 1 aromatic heterocycles. The lowest BCUT2D eigenvalue weighted by atomic mass is 9.98. The van der Waals surface area contributed by atoms with Gasteiger partial charge in [0.1, 0.15) is 0 Å². The molecular formula is C20H23NO2. The van der Waals surface area contributed by atoms with Crippen LogP contribution in [0, 0.1) is 0 Å². The minimum absolute atomic E-state index is 0.314. The molecule has 1 aromatic carbocycles. The standard InChI is InChI=1S/C20H23NO2/c1-3-18(15-10-12-21-13-11-15)16-8-9-19(22-2)20(14-16)23-17-6-4-5-7-17/h3,8-14,17H,4-7H2,1-2H3/b18-3+. The van der Waals surface area contributed by atoms with Crippen LogP contribution in [0.5, 0.6) is 11.5 Å². The van der Waals surface area contributed by atoms with Crippen molar-refractivity contribution in [2.45, 2.75) is 38.7 Å². The van der Waals surface area contributed by atoms with Gasteiger partial charge in [-0.1, -0.05) is 12.1 Å². The molecule has 0 amide bonds. The van der Waals surface area contributed by atoms with Crippen LogP contribution in [0.2, 0.25) is 0 Å². The minimum Gasteiger partial charge on any atom is -0.493 e. The molecule has 3 nitrogen and oxygen atoms in total. The van der Waals surface area contributed by atoms with E-state index in [1.54, 1.807) is 7.11 Å². The highest BCUT2D eigenvalue weighted by Crippen LogP contribution is 2.35. The summed E-state index contributed by atoms with van der Waals surface area (Å²) in [5, 5.41) is 0. The molecule has 1 fully saturated rings. The maximum Gasteiger partial charge on any atom is 0.162 e. The largest absolute Gasteiger partial charge is 0.493 e. The molecule has 3 rings (SSSR count). The third kappa shape index (κ3) is 3.55. The summed E-state index contributed by atoms with van der Waals surface area (Å²) in [7, 11) is 1.69. The van der Waals surface area contributed by atoms with Gasteiger partial charge in [0, 0.05) is 12.4 Å². The van der Waals surface area contributed by atoms with E-state index in [1.165, 1.54) is 18.4 Å². The second kappa shape index (κ2) is 7.32. The van der Waals surface area contributed by atoms with Crippen LogP contribution in [0.1, 0.15) is 43.7 Å². The molecule has 1 heterocycles. The predicted molar refractivity (Wildman–Crippen MR) is 92.9 cm³/mol. The van der Waals surface area contributed by atoms with Gasteiger partial charge in [0.2, 0.25) is 0 Å². The van der Waals surface area contributed by atoms with E-state index in [1.807, 2.05) is 30.6 Å². The van der Waals surface area contributed by atoms with Gasteiger partial charge in [0.05, 0.1) is 13.2 Å². The fourth-order valence-electron chi connectivity index (χ4n) is 3.15. The van der Waals surface area contributed by atoms with Crippen LogP contribution in [-0.2, 0) is 0 Å². The molecule has 0 N–H and O–H groups in total. The predicted octanol–water partition coefficient (Wildman–Crippen LogP) is 4.86. The quantitative estimate of drug-likeness (QED) is 0.790. The van der Waals surface area contributed by atoms with E-state index < -0.39 is 0 Å². The second-order valence-electron chi connectivity index (χ2n) is 5.83. The molecule has 23 heavy (non-hydrogen) atoms. The van der Waals surface area contributed by atoms with Crippen LogP contribution < -0.4 is 9.47 Å². The lowest BCUT2D eigenvalue weighted by Gasteiger charge is -2.17. The highest BCUT2D eigenvalue weighted by molar-refractivity contribution is 5.80.